The van der Waals surface area contributed by atoms with Crippen LogP contribution in [0.1, 0.15) is 53.8 Å². The van der Waals surface area contributed by atoms with Crippen molar-refractivity contribution in [2.24, 2.45) is 0 Å². The number of carbonyl (C=O) groups is 2. The lowest BCUT2D eigenvalue weighted by molar-refractivity contribution is -0.00571. The van der Waals surface area contributed by atoms with E-state index in [1.807, 2.05) is 43.0 Å². The number of fused-ring (bicyclic) bond motifs is 1. The largest absolute Gasteiger partial charge is 0.490 e. The number of para-hydroxylation sites is 1. The normalized spacial score (nSPS) is 17.3. The second kappa shape index (κ2) is 8.38. The van der Waals surface area contributed by atoms with E-state index in [2.05, 4.69) is 0 Å². The van der Waals surface area contributed by atoms with Gasteiger partial charge >= 0.3 is 0 Å². The van der Waals surface area contributed by atoms with Gasteiger partial charge < -0.3 is 19.1 Å². The molecule has 0 radical (unpaired) electrons. The summed E-state index contributed by atoms with van der Waals surface area (Å²) >= 11 is 0. The second-order valence-corrected chi connectivity index (χ2v) is 7.70. The summed E-state index contributed by atoms with van der Waals surface area (Å²) in [6.07, 6.45) is 1.63. The maximum Gasteiger partial charge on any atom is 0.253 e. The van der Waals surface area contributed by atoms with E-state index in [1.165, 1.54) is 0 Å². The Morgan fingerprint density at radius 2 is 1.73 bits per heavy atom. The molecule has 2 aliphatic heterocycles. The SMILES string of the molecule is CCOc1ccc(C(=O)N2CCC3(CC2)CC(=O)c2ccccc2O3)cc1OCC. The van der Waals surface area contributed by atoms with Crippen LogP contribution in [0.3, 0.4) is 0 Å². The first-order valence-electron chi connectivity index (χ1n) is 10.6. The molecule has 30 heavy (non-hydrogen) atoms. The van der Waals surface area contributed by atoms with Gasteiger partial charge in [-0.05, 0) is 44.2 Å². The number of carbonyl (C=O) groups excluding carboxylic acids is 2. The molecule has 0 bridgehead atoms. The van der Waals surface area contributed by atoms with Crippen LogP contribution in [-0.2, 0) is 0 Å². The molecule has 1 fully saturated rings. The number of Topliss-reactive ketones (excluding diaryl/α,β-unsaturated/α-hetero) is 1. The van der Waals surface area contributed by atoms with Gasteiger partial charge in [-0.2, -0.15) is 0 Å². The highest BCUT2D eigenvalue weighted by Crippen LogP contribution is 2.39. The van der Waals surface area contributed by atoms with Crippen LogP contribution in [0.25, 0.3) is 0 Å². The first kappa shape index (κ1) is 20.3. The highest BCUT2D eigenvalue weighted by atomic mass is 16.5. The fourth-order valence-electron chi connectivity index (χ4n) is 4.21. The van der Waals surface area contributed by atoms with Crippen molar-refractivity contribution in [2.75, 3.05) is 26.3 Å². The standard InChI is InChI=1S/C24H27NO5/c1-3-28-21-10-9-17(15-22(21)29-4-2)23(27)25-13-11-24(12-14-25)16-19(26)18-7-5-6-8-20(18)30-24/h5-10,15H,3-4,11-14,16H2,1-2H3. The number of ketones is 1. The molecule has 4 rings (SSSR count). The molecule has 0 aliphatic carbocycles. The molecular weight excluding hydrogens is 382 g/mol. The van der Waals surface area contributed by atoms with Crippen LogP contribution in [0, 0.1) is 0 Å². The minimum Gasteiger partial charge on any atom is -0.490 e. The van der Waals surface area contributed by atoms with E-state index in [4.69, 9.17) is 14.2 Å². The number of hydrogen-bond acceptors (Lipinski definition) is 5. The number of rotatable bonds is 5. The third kappa shape index (κ3) is 3.86. The van der Waals surface area contributed by atoms with Gasteiger partial charge in [-0.3, -0.25) is 9.59 Å². The summed E-state index contributed by atoms with van der Waals surface area (Å²) in [6.45, 7) is 5.93. The molecule has 2 aliphatic rings. The first-order valence-corrected chi connectivity index (χ1v) is 10.6. The molecule has 158 valence electrons. The summed E-state index contributed by atoms with van der Waals surface area (Å²) in [5.41, 5.74) is 0.709. The smallest absolute Gasteiger partial charge is 0.253 e. The van der Waals surface area contributed by atoms with Crippen LogP contribution < -0.4 is 14.2 Å². The lowest BCUT2D eigenvalue weighted by Crippen LogP contribution is -2.52. The maximum atomic E-state index is 13.1. The van der Waals surface area contributed by atoms with E-state index >= 15 is 0 Å². The predicted octanol–water partition coefficient (Wildman–Crippen LogP) is 4.12. The van der Waals surface area contributed by atoms with Gasteiger partial charge in [-0.25, -0.2) is 0 Å². The third-order valence-corrected chi connectivity index (χ3v) is 5.75. The molecule has 1 spiro atoms. The first-order chi connectivity index (χ1) is 14.5. The van der Waals surface area contributed by atoms with Gasteiger partial charge in [0.2, 0.25) is 0 Å². The molecule has 6 heteroatoms. The van der Waals surface area contributed by atoms with Crippen molar-refractivity contribution in [2.45, 2.75) is 38.7 Å². The van der Waals surface area contributed by atoms with E-state index in [0.29, 0.717) is 73.9 Å². The monoisotopic (exact) mass is 409 g/mol. The van der Waals surface area contributed by atoms with E-state index in [0.717, 1.165) is 0 Å². The van der Waals surface area contributed by atoms with Gasteiger partial charge in [0, 0.05) is 31.5 Å². The number of nitrogens with zero attached hydrogens (tertiary/aromatic N) is 1. The number of benzene rings is 2. The highest BCUT2D eigenvalue weighted by Gasteiger charge is 2.43. The Hall–Kier alpha value is -3.02. The zero-order valence-corrected chi connectivity index (χ0v) is 17.5. The van der Waals surface area contributed by atoms with Crippen LogP contribution in [0.15, 0.2) is 42.5 Å². The van der Waals surface area contributed by atoms with Crippen molar-refractivity contribution in [1.29, 1.82) is 0 Å². The summed E-state index contributed by atoms with van der Waals surface area (Å²) in [4.78, 5) is 27.5. The molecule has 0 unspecified atom stereocenters. The van der Waals surface area contributed by atoms with Gasteiger partial charge in [-0.15, -0.1) is 0 Å². The summed E-state index contributed by atoms with van der Waals surface area (Å²) in [6, 6.07) is 12.7. The fourth-order valence-corrected chi connectivity index (χ4v) is 4.21. The average Bonchev–Trinajstić information content (AvgIpc) is 2.75. The van der Waals surface area contributed by atoms with Gasteiger partial charge in [0.15, 0.2) is 17.3 Å². The quantitative estimate of drug-likeness (QED) is 0.743. The Morgan fingerprint density at radius 1 is 1.03 bits per heavy atom. The van der Waals surface area contributed by atoms with Gasteiger partial charge in [0.25, 0.3) is 5.91 Å². The van der Waals surface area contributed by atoms with Crippen molar-refractivity contribution in [3.05, 3.63) is 53.6 Å². The van der Waals surface area contributed by atoms with E-state index in [9.17, 15) is 9.59 Å². The van der Waals surface area contributed by atoms with Crippen molar-refractivity contribution in [3.63, 3.8) is 0 Å². The number of likely N-dealkylation sites (tertiary alicyclic amines) is 1. The minimum atomic E-state index is -0.516. The number of ether oxygens (including phenoxy) is 3. The molecule has 0 aromatic heterocycles. The molecule has 0 atom stereocenters. The second-order valence-electron chi connectivity index (χ2n) is 7.70. The molecule has 2 aromatic rings. The van der Waals surface area contributed by atoms with Crippen molar-refractivity contribution in [1.82, 2.24) is 4.90 Å². The van der Waals surface area contributed by atoms with Crippen LogP contribution in [0.2, 0.25) is 0 Å². The Labute approximate surface area is 176 Å². The van der Waals surface area contributed by atoms with Crippen LogP contribution in [-0.4, -0.2) is 48.5 Å². The molecule has 1 saturated heterocycles. The van der Waals surface area contributed by atoms with Crippen LogP contribution in [0.4, 0.5) is 0 Å². The lowest BCUT2D eigenvalue weighted by atomic mass is 9.82. The fraction of sp³-hybridized carbons (Fsp3) is 0.417. The van der Waals surface area contributed by atoms with Gasteiger partial charge in [0.05, 0.1) is 25.2 Å². The molecule has 0 N–H and O–H groups in total. The van der Waals surface area contributed by atoms with Crippen molar-refractivity contribution >= 4 is 11.7 Å². The Kier molecular flexibility index (Phi) is 5.66. The molecule has 1 amide bonds. The van der Waals surface area contributed by atoms with Crippen molar-refractivity contribution < 1.29 is 23.8 Å². The summed E-state index contributed by atoms with van der Waals surface area (Å²) < 4.78 is 17.5. The van der Waals surface area contributed by atoms with Gasteiger partial charge in [-0.1, -0.05) is 12.1 Å². The zero-order chi connectivity index (χ0) is 21.1. The summed E-state index contributed by atoms with van der Waals surface area (Å²) in [5.74, 6) is 1.94. The van der Waals surface area contributed by atoms with Crippen LogP contribution >= 0.6 is 0 Å². The van der Waals surface area contributed by atoms with E-state index in [-0.39, 0.29) is 11.7 Å². The predicted molar refractivity (Wildman–Crippen MR) is 113 cm³/mol. The summed E-state index contributed by atoms with van der Waals surface area (Å²) in [5, 5.41) is 0. The molecule has 2 heterocycles. The minimum absolute atomic E-state index is 0.0450. The molecule has 6 nitrogen and oxygen atoms in total. The topological polar surface area (TPSA) is 65.1 Å². The summed E-state index contributed by atoms with van der Waals surface area (Å²) in [7, 11) is 0. The van der Waals surface area contributed by atoms with Gasteiger partial charge in [0.1, 0.15) is 11.4 Å². The lowest BCUT2D eigenvalue weighted by Gasteiger charge is -2.44. The average molecular weight is 409 g/mol. The highest BCUT2D eigenvalue weighted by molar-refractivity contribution is 6.00. The number of piperidine rings is 1. The Morgan fingerprint density at radius 3 is 2.47 bits per heavy atom. The van der Waals surface area contributed by atoms with E-state index < -0.39 is 5.60 Å². The van der Waals surface area contributed by atoms with E-state index in [1.54, 1.807) is 18.2 Å². The third-order valence-electron chi connectivity index (χ3n) is 5.75. The molecule has 0 saturated carbocycles. The zero-order valence-electron chi connectivity index (χ0n) is 17.5. The number of amides is 1. The molecular formula is C24H27NO5. The Balaban J connectivity index is 1.46. The van der Waals surface area contributed by atoms with Crippen LogP contribution in [0.5, 0.6) is 17.2 Å². The maximum absolute atomic E-state index is 13.1. The molecule has 2 aromatic carbocycles. The Bertz CT molecular complexity index is 946. The number of hydrogen-bond donors (Lipinski definition) is 0. The van der Waals surface area contributed by atoms with Crippen molar-refractivity contribution in [3.8, 4) is 17.2 Å².